The van der Waals surface area contributed by atoms with Gasteiger partial charge < -0.3 is 19.9 Å². The summed E-state index contributed by atoms with van der Waals surface area (Å²) in [5.74, 6) is -0.0272. The predicted octanol–water partition coefficient (Wildman–Crippen LogP) is 1.69. The number of hydrogen-bond donors (Lipinski definition) is 2. The topological polar surface area (TPSA) is 63.1 Å². The molecular weight excluding hydrogens is 375 g/mol. The van der Waals surface area contributed by atoms with Crippen molar-refractivity contribution in [2.45, 2.75) is 32.5 Å². The zero-order valence-corrected chi connectivity index (χ0v) is 16.1. The molecule has 9 heteroatoms. The number of carbonyl (C=O) groups is 2. The molecule has 0 bridgehead atoms. The van der Waals surface area contributed by atoms with Gasteiger partial charge in [0.05, 0.1) is 7.05 Å². The average molecular weight is 402 g/mol. The molecule has 0 saturated heterocycles. The largest absolute Gasteiger partial charge is 0.573 e. The molecule has 0 spiro atoms. The van der Waals surface area contributed by atoms with Crippen molar-refractivity contribution in [3.63, 3.8) is 0 Å². The van der Waals surface area contributed by atoms with Crippen molar-refractivity contribution in [2.24, 2.45) is 5.92 Å². The lowest BCUT2D eigenvalue weighted by molar-refractivity contribution is -0.862. The van der Waals surface area contributed by atoms with Crippen molar-refractivity contribution in [3.05, 3.63) is 24.3 Å². The van der Waals surface area contributed by atoms with Crippen molar-refractivity contribution >= 4 is 17.5 Å². The summed E-state index contributed by atoms with van der Waals surface area (Å²) in [6.45, 7) is 3.84. The van der Waals surface area contributed by atoms with E-state index in [1.54, 1.807) is 7.05 Å². The third-order valence-corrected chi connectivity index (χ3v) is 4.31. The van der Waals surface area contributed by atoms with Crippen LogP contribution in [0.25, 0.3) is 0 Å². The normalized spacial score (nSPS) is 15.0. The number of alkyl halides is 3. The lowest BCUT2D eigenvalue weighted by Crippen LogP contribution is -3.11. The Balaban J connectivity index is 1.78. The zero-order chi connectivity index (χ0) is 20.7. The quantitative estimate of drug-likeness (QED) is 0.626. The highest BCUT2D eigenvalue weighted by Crippen LogP contribution is 2.29. The second-order valence-electron chi connectivity index (χ2n) is 7.21. The number of ether oxygens (including phenoxy) is 1. The Kier molecular flexibility index (Phi) is 7.68. The molecule has 0 aliphatic heterocycles. The lowest BCUT2D eigenvalue weighted by Gasteiger charge is -2.23. The van der Waals surface area contributed by atoms with Gasteiger partial charge in [0.25, 0.3) is 11.8 Å². The molecule has 1 saturated carbocycles. The minimum absolute atomic E-state index is 0.0349. The molecule has 0 heterocycles. The highest BCUT2D eigenvalue weighted by molar-refractivity contribution is 5.91. The van der Waals surface area contributed by atoms with Crippen LogP contribution >= 0.6 is 0 Å². The van der Waals surface area contributed by atoms with E-state index < -0.39 is 6.36 Å². The first-order valence-corrected chi connectivity index (χ1v) is 9.41. The first kappa shape index (κ1) is 22.0. The van der Waals surface area contributed by atoms with Gasteiger partial charge in [-0.1, -0.05) is 6.92 Å². The van der Waals surface area contributed by atoms with Gasteiger partial charge in [0.15, 0.2) is 13.1 Å². The van der Waals surface area contributed by atoms with Crippen molar-refractivity contribution in [2.75, 3.05) is 38.5 Å². The van der Waals surface area contributed by atoms with E-state index >= 15 is 0 Å². The van der Waals surface area contributed by atoms with Crippen LogP contribution in [-0.4, -0.2) is 56.3 Å². The maximum Gasteiger partial charge on any atom is 0.573 e. The molecule has 2 amide bonds. The molecular formula is C19H27F3N3O3+. The van der Waals surface area contributed by atoms with Gasteiger partial charge in [-0.05, 0) is 49.4 Å². The molecule has 1 fully saturated rings. The molecule has 156 valence electrons. The van der Waals surface area contributed by atoms with Crippen LogP contribution in [0.3, 0.4) is 0 Å². The van der Waals surface area contributed by atoms with E-state index in [2.05, 4.69) is 10.1 Å². The van der Waals surface area contributed by atoms with Crippen LogP contribution in [0.1, 0.15) is 26.2 Å². The first-order chi connectivity index (χ1) is 13.2. The number of amides is 2. The van der Waals surface area contributed by atoms with Crippen molar-refractivity contribution < 1.29 is 32.4 Å². The molecule has 0 radical (unpaired) electrons. The third-order valence-electron chi connectivity index (χ3n) is 4.31. The summed E-state index contributed by atoms with van der Waals surface area (Å²) in [5, 5.41) is 2.61. The minimum atomic E-state index is -4.76. The van der Waals surface area contributed by atoms with Gasteiger partial charge in [-0.25, -0.2) is 0 Å². The molecule has 1 aliphatic carbocycles. The summed E-state index contributed by atoms with van der Waals surface area (Å²) in [6.07, 6.45) is -1.52. The van der Waals surface area contributed by atoms with Crippen LogP contribution < -0.4 is 15.0 Å². The SMILES string of the molecule is CCCN(CC1CC1)C(=O)C[NH+](C)CC(=O)Nc1ccc(OC(F)(F)F)cc1. The summed E-state index contributed by atoms with van der Waals surface area (Å²) in [7, 11) is 1.76. The van der Waals surface area contributed by atoms with Gasteiger partial charge in [0, 0.05) is 18.8 Å². The molecule has 28 heavy (non-hydrogen) atoms. The van der Waals surface area contributed by atoms with Gasteiger partial charge in [0.1, 0.15) is 5.75 Å². The Hall–Kier alpha value is -2.29. The summed E-state index contributed by atoms with van der Waals surface area (Å²) >= 11 is 0. The highest BCUT2D eigenvalue weighted by atomic mass is 19.4. The summed E-state index contributed by atoms with van der Waals surface area (Å²) in [6, 6.07) is 4.92. The predicted molar refractivity (Wildman–Crippen MR) is 98.0 cm³/mol. The van der Waals surface area contributed by atoms with Crippen LogP contribution in [0, 0.1) is 5.92 Å². The smallest absolute Gasteiger partial charge is 0.406 e. The summed E-state index contributed by atoms with van der Waals surface area (Å²) in [5.41, 5.74) is 0.361. The molecule has 1 aromatic carbocycles. The van der Waals surface area contributed by atoms with Gasteiger partial charge in [-0.3, -0.25) is 9.59 Å². The van der Waals surface area contributed by atoms with E-state index in [-0.39, 0.29) is 30.7 Å². The minimum Gasteiger partial charge on any atom is -0.406 e. The van der Waals surface area contributed by atoms with Crippen LogP contribution in [0.5, 0.6) is 5.75 Å². The van der Waals surface area contributed by atoms with E-state index in [0.717, 1.165) is 36.5 Å². The van der Waals surface area contributed by atoms with Crippen LogP contribution in [-0.2, 0) is 9.59 Å². The third kappa shape index (κ3) is 8.16. The maximum atomic E-state index is 12.5. The van der Waals surface area contributed by atoms with E-state index in [0.29, 0.717) is 11.6 Å². The Bertz CT molecular complexity index is 661. The number of halogens is 3. The number of carbonyl (C=O) groups excluding carboxylic acids is 2. The number of benzene rings is 1. The fraction of sp³-hybridized carbons (Fsp3) is 0.579. The Morgan fingerprint density at radius 1 is 1.21 bits per heavy atom. The van der Waals surface area contributed by atoms with Gasteiger partial charge in [-0.15, -0.1) is 13.2 Å². The van der Waals surface area contributed by atoms with Gasteiger partial charge in [-0.2, -0.15) is 0 Å². The van der Waals surface area contributed by atoms with E-state index in [1.807, 2.05) is 11.8 Å². The molecule has 2 N–H and O–H groups in total. The van der Waals surface area contributed by atoms with Crippen LogP contribution in [0.2, 0.25) is 0 Å². The number of likely N-dealkylation sites (N-methyl/N-ethyl adjacent to an activating group) is 1. The molecule has 1 unspecified atom stereocenters. The first-order valence-electron chi connectivity index (χ1n) is 9.41. The second kappa shape index (κ2) is 9.77. The van der Waals surface area contributed by atoms with Crippen molar-refractivity contribution in [1.82, 2.24) is 4.90 Å². The Morgan fingerprint density at radius 2 is 1.86 bits per heavy atom. The Morgan fingerprint density at radius 3 is 2.39 bits per heavy atom. The standard InChI is InChI=1S/C19H26F3N3O3/c1-3-10-25(11-14-4-5-14)18(27)13-24(2)12-17(26)23-15-6-8-16(9-7-15)28-19(20,21)22/h6-9,14H,3-5,10-13H2,1-2H3,(H,23,26)/p+1. The highest BCUT2D eigenvalue weighted by Gasteiger charge is 2.31. The summed E-state index contributed by atoms with van der Waals surface area (Å²) in [4.78, 5) is 27.2. The van der Waals surface area contributed by atoms with Crippen LogP contribution in [0.15, 0.2) is 24.3 Å². The van der Waals surface area contributed by atoms with Gasteiger partial charge in [0.2, 0.25) is 0 Å². The summed E-state index contributed by atoms with van der Waals surface area (Å²) < 4.78 is 40.2. The van der Waals surface area contributed by atoms with Crippen molar-refractivity contribution in [3.8, 4) is 5.75 Å². The lowest BCUT2D eigenvalue weighted by atomic mass is 10.3. The van der Waals surface area contributed by atoms with E-state index in [1.165, 1.54) is 25.0 Å². The molecule has 1 aliphatic rings. The molecule has 1 aromatic rings. The molecule has 0 aromatic heterocycles. The number of nitrogens with one attached hydrogen (secondary N) is 2. The fourth-order valence-electron chi connectivity index (χ4n) is 2.85. The Labute approximate surface area is 162 Å². The number of anilines is 1. The monoisotopic (exact) mass is 402 g/mol. The number of rotatable bonds is 10. The number of nitrogens with zero attached hydrogens (tertiary/aromatic N) is 1. The number of quaternary nitrogens is 1. The van der Waals surface area contributed by atoms with Gasteiger partial charge >= 0.3 is 6.36 Å². The van der Waals surface area contributed by atoms with Crippen LogP contribution in [0.4, 0.5) is 18.9 Å². The van der Waals surface area contributed by atoms with Crippen molar-refractivity contribution in [1.29, 1.82) is 0 Å². The van der Waals surface area contributed by atoms with E-state index in [4.69, 9.17) is 0 Å². The second-order valence-corrected chi connectivity index (χ2v) is 7.21. The molecule has 2 rings (SSSR count). The number of hydrogen-bond acceptors (Lipinski definition) is 3. The molecule has 6 nitrogen and oxygen atoms in total. The molecule has 1 atom stereocenters. The maximum absolute atomic E-state index is 12.5. The average Bonchev–Trinajstić information content (AvgIpc) is 3.38. The zero-order valence-electron chi connectivity index (χ0n) is 16.1. The fourth-order valence-corrected chi connectivity index (χ4v) is 2.85. The van der Waals surface area contributed by atoms with E-state index in [9.17, 15) is 22.8 Å².